The van der Waals surface area contributed by atoms with Gasteiger partial charge >= 0.3 is 0 Å². The van der Waals surface area contributed by atoms with Gasteiger partial charge in [-0.05, 0) is 0 Å². The van der Waals surface area contributed by atoms with Crippen LogP contribution in [0.2, 0.25) is 0 Å². The summed E-state index contributed by atoms with van der Waals surface area (Å²) in [5, 5.41) is 9.42. The van der Waals surface area contributed by atoms with Crippen molar-refractivity contribution >= 4 is 15.9 Å². The van der Waals surface area contributed by atoms with E-state index < -0.39 is 40.9 Å². The molecule has 2 aromatic heterocycles. The maximum atomic E-state index is 13.9. The number of rotatable bonds is 5. The Hall–Kier alpha value is -2.41. The van der Waals surface area contributed by atoms with Gasteiger partial charge in [-0.15, -0.1) is 5.10 Å². The van der Waals surface area contributed by atoms with E-state index in [1.54, 1.807) is 7.05 Å². The number of aryl methyl sites for hydroxylation is 1. The number of nitrogens with one attached hydrogen (secondary N) is 1. The van der Waals surface area contributed by atoms with Crippen LogP contribution in [0, 0.1) is 0 Å². The lowest BCUT2D eigenvalue weighted by Crippen LogP contribution is -2.39. The molecule has 3 rings (SSSR count). The zero-order valence-corrected chi connectivity index (χ0v) is 14.8. The number of sulfonamides is 1. The minimum Gasteiger partial charge on any atom is -0.354 e. The van der Waals surface area contributed by atoms with E-state index in [-0.39, 0.29) is 17.3 Å². The maximum absolute atomic E-state index is 13.9. The van der Waals surface area contributed by atoms with E-state index in [1.807, 2.05) is 0 Å². The van der Waals surface area contributed by atoms with Gasteiger partial charge in [-0.25, -0.2) is 22.2 Å². The number of carbonyl (C=O) groups excluding carboxylic acids is 1. The first kappa shape index (κ1) is 18.4. The van der Waals surface area contributed by atoms with E-state index in [0.29, 0.717) is 0 Å². The topological polar surface area (TPSA) is 115 Å². The van der Waals surface area contributed by atoms with Gasteiger partial charge in [0.25, 0.3) is 21.9 Å². The SMILES string of the molecule is CNC(=O)c1cn(C[C@@H]2CC(F)(F)CN2S(=O)(=O)c2cn(C)cn2)nn1. The molecule has 1 aliphatic heterocycles. The van der Waals surface area contributed by atoms with E-state index in [9.17, 15) is 22.0 Å². The summed E-state index contributed by atoms with van der Waals surface area (Å²) in [6.07, 6.45) is 3.15. The average molecular weight is 389 g/mol. The van der Waals surface area contributed by atoms with Gasteiger partial charge in [0.15, 0.2) is 10.7 Å². The summed E-state index contributed by atoms with van der Waals surface area (Å²) in [5.41, 5.74) is 0.0105. The highest BCUT2D eigenvalue weighted by Crippen LogP contribution is 2.36. The number of alkyl halides is 2. The minimum atomic E-state index is -4.19. The number of nitrogens with zero attached hydrogens (tertiary/aromatic N) is 6. The smallest absolute Gasteiger partial charge is 0.273 e. The van der Waals surface area contributed by atoms with Crippen LogP contribution in [0.3, 0.4) is 0 Å². The first-order chi connectivity index (χ1) is 12.1. The van der Waals surface area contributed by atoms with Gasteiger partial charge in [0.2, 0.25) is 0 Å². The lowest BCUT2D eigenvalue weighted by molar-refractivity contribution is 0.0168. The summed E-state index contributed by atoms with van der Waals surface area (Å²) in [6.45, 7) is -1.10. The van der Waals surface area contributed by atoms with Crippen molar-refractivity contribution in [3.05, 3.63) is 24.4 Å². The summed E-state index contributed by atoms with van der Waals surface area (Å²) in [7, 11) is -1.19. The fourth-order valence-corrected chi connectivity index (χ4v) is 4.40. The summed E-state index contributed by atoms with van der Waals surface area (Å²) in [4.78, 5) is 15.3. The lowest BCUT2D eigenvalue weighted by Gasteiger charge is -2.21. The third-order valence-corrected chi connectivity index (χ3v) is 5.76. The molecule has 1 N–H and O–H groups in total. The predicted molar refractivity (Wildman–Crippen MR) is 83.9 cm³/mol. The number of hydrogen-bond donors (Lipinski definition) is 1. The number of aromatic nitrogens is 5. The largest absolute Gasteiger partial charge is 0.354 e. The highest BCUT2D eigenvalue weighted by atomic mass is 32.2. The first-order valence-corrected chi connectivity index (χ1v) is 9.06. The van der Waals surface area contributed by atoms with E-state index in [2.05, 4.69) is 20.6 Å². The Balaban J connectivity index is 1.87. The van der Waals surface area contributed by atoms with Gasteiger partial charge in [0.05, 0.1) is 31.7 Å². The molecule has 1 amide bonds. The van der Waals surface area contributed by atoms with Crippen LogP contribution in [0.4, 0.5) is 8.78 Å². The quantitative estimate of drug-likeness (QED) is 0.735. The average Bonchev–Trinajstić information content (AvgIpc) is 3.26. The van der Waals surface area contributed by atoms with Gasteiger partial charge in [0.1, 0.15) is 0 Å². The summed E-state index contributed by atoms with van der Waals surface area (Å²) >= 11 is 0. The highest BCUT2D eigenvalue weighted by Gasteiger charge is 2.50. The van der Waals surface area contributed by atoms with Crippen molar-refractivity contribution < 1.29 is 22.0 Å². The van der Waals surface area contributed by atoms with Crippen LogP contribution >= 0.6 is 0 Å². The van der Waals surface area contributed by atoms with E-state index in [0.717, 1.165) is 4.31 Å². The first-order valence-electron chi connectivity index (χ1n) is 7.62. The normalized spacial score (nSPS) is 20.4. The van der Waals surface area contributed by atoms with E-state index >= 15 is 0 Å². The van der Waals surface area contributed by atoms with Crippen LogP contribution in [0.1, 0.15) is 16.9 Å². The van der Waals surface area contributed by atoms with Gasteiger partial charge in [0, 0.05) is 26.7 Å². The Bertz CT molecular complexity index is 924. The molecule has 142 valence electrons. The van der Waals surface area contributed by atoms with Crippen molar-refractivity contribution in [3.63, 3.8) is 0 Å². The molecule has 26 heavy (non-hydrogen) atoms. The zero-order valence-electron chi connectivity index (χ0n) is 14.0. The summed E-state index contributed by atoms with van der Waals surface area (Å²) in [6, 6.07) is -1.05. The minimum absolute atomic E-state index is 0.0105. The molecule has 0 saturated carbocycles. The van der Waals surface area contributed by atoms with Crippen LogP contribution in [-0.2, 0) is 23.6 Å². The van der Waals surface area contributed by atoms with Crippen LogP contribution in [0.5, 0.6) is 0 Å². The van der Waals surface area contributed by atoms with Crippen LogP contribution in [-0.4, -0.2) is 68.7 Å². The van der Waals surface area contributed by atoms with Crippen molar-refractivity contribution in [3.8, 4) is 0 Å². The second kappa shape index (κ2) is 6.39. The van der Waals surface area contributed by atoms with Crippen molar-refractivity contribution in [1.82, 2.24) is 34.2 Å². The Morgan fingerprint density at radius 3 is 2.77 bits per heavy atom. The fourth-order valence-electron chi connectivity index (χ4n) is 2.78. The lowest BCUT2D eigenvalue weighted by atomic mass is 10.2. The van der Waals surface area contributed by atoms with Gasteiger partial charge in [-0.3, -0.25) is 9.48 Å². The van der Waals surface area contributed by atoms with E-state index in [4.69, 9.17) is 0 Å². The zero-order chi connectivity index (χ0) is 19.1. The molecule has 0 aromatic carbocycles. The van der Waals surface area contributed by atoms with Gasteiger partial charge in [-0.2, -0.15) is 4.31 Å². The highest BCUT2D eigenvalue weighted by molar-refractivity contribution is 7.89. The van der Waals surface area contributed by atoms with Crippen LogP contribution in [0.15, 0.2) is 23.7 Å². The Labute approximate surface area is 147 Å². The predicted octanol–water partition coefficient (Wildman–Crippen LogP) is -0.530. The van der Waals surface area contributed by atoms with Crippen LogP contribution < -0.4 is 5.32 Å². The number of imidazole rings is 1. The molecule has 0 unspecified atom stereocenters. The van der Waals surface area contributed by atoms with Crippen LogP contribution in [0.25, 0.3) is 0 Å². The second-order valence-corrected chi connectivity index (χ2v) is 7.88. The molecule has 0 radical (unpaired) electrons. The Kier molecular flexibility index (Phi) is 4.52. The molecule has 0 spiro atoms. The van der Waals surface area contributed by atoms with Crippen molar-refractivity contribution in [2.24, 2.45) is 7.05 Å². The third kappa shape index (κ3) is 3.44. The standard InChI is InChI=1S/C13H17F2N7O3S/c1-16-12(23)10-5-21(19-18-10)4-9-3-13(14,15)7-22(9)26(24,25)11-6-20(2)8-17-11/h5-6,8-9H,3-4,7H2,1-2H3,(H,16,23)/t9-/m0/s1. The number of carbonyl (C=O) groups is 1. The monoisotopic (exact) mass is 389 g/mol. The summed E-state index contributed by atoms with van der Waals surface area (Å²) < 4.78 is 56.6. The number of amides is 1. The van der Waals surface area contributed by atoms with E-state index in [1.165, 1.54) is 35.0 Å². The molecule has 1 atom stereocenters. The molecule has 3 heterocycles. The Morgan fingerprint density at radius 2 is 2.15 bits per heavy atom. The number of halogens is 2. The van der Waals surface area contributed by atoms with Crippen molar-refractivity contribution in [1.29, 1.82) is 0 Å². The molecule has 10 nitrogen and oxygen atoms in total. The third-order valence-electron chi connectivity index (χ3n) is 3.98. The molecule has 13 heteroatoms. The molecule has 0 bridgehead atoms. The van der Waals surface area contributed by atoms with Gasteiger partial charge < -0.3 is 9.88 Å². The van der Waals surface area contributed by atoms with Crippen molar-refractivity contribution in [2.75, 3.05) is 13.6 Å². The number of hydrogen-bond acceptors (Lipinski definition) is 6. The van der Waals surface area contributed by atoms with Crippen molar-refractivity contribution in [2.45, 2.75) is 30.0 Å². The fraction of sp³-hybridized carbons (Fsp3) is 0.538. The molecular weight excluding hydrogens is 372 g/mol. The molecule has 2 aromatic rings. The molecule has 1 fully saturated rings. The molecule has 1 saturated heterocycles. The molecule has 1 aliphatic rings. The molecular formula is C13H17F2N7O3S. The second-order valence-electron chi connectivity index (χ2n) is 6.05. The molecule has 0 aliphatic carbocycles. The Morgan fingerprint density at radius 1 is 1.42 bits per heavy atom. The maximum Gasteiger partial charge on any atom is 0.273 e. The van der Waals surface area contributed by atoms with Gasteiger partial charge in [-0.1, -0.05) is 5.21 Å². The summed E-state index contributed by atoms with van der Waals surface area (Å²) in [5.74, 6) is -3.65.